The molecule has 2 amide bonds. The molecule has 0 bridgehead atoms. The van der Waals surface area contributed by atoms with E-state index in [0.29, 0.717) is 63.5 Å². The number of rotatable bonds is 9. The third-order valence-corrected chi connectivity index (χ3v) is 8.71. The van der Waals surface area contributed by atoms with E-state index in [-0.39, 0.29) is 17.9 Å². The number of hydrogen-bond donors (Lipinski definition) is 4. The van der Waals surface area contributed by atoms with E-state index in [9.17, 15) is 9.59 Å². The molecule has 2 fully saturated rings. The summed E-state index contributed by atoms with van der Waals surface area (Å²) in [6, 6.07) is 8.60. The van der Waals surface area contributed by atoms with Crippen LogP contribution in [0.4, 0.5) is 5.82 Å². The molecule has 4 N–H and O–H groups in total. The standard InChI is InChI=1S/C30H34Cl2N8O2/c31-19-3-4-23-26(13-19)39-29(37-23)24(5-6-27(41)34-16-18-7-9-33-10-8-18)38-28-21-14-22(32)20(15-25(21)35-17-36-28)30(42)40-11-1-2-12-40/h3-4,13-15,17-18,24,33H,1-2,5-12,16H2,(H,34,41)(H,37,39)(H,35,36,38). The Labute approximate surface area is 254 Å². The first kappa shape index (κ1) is 28.6. The Morgan fingerprint density at radius 1 is 1.05 bits per heavy atom. The highest BCUT2D eigenvalue weighted by molar-refractivity contribution is 6.35. The van der Waals surface area contributed by atoms with Gasteiger partial charge in [-0.1, -0.05) is 23.2 Å². The van der Waals surface area contributed by atoms with E-state index in [4.69, 9.17) is 28.2 Å². The maximum absolute atomic E-state index is 13.1. The largest absolute Gasteiger partial charge is 0.359 e. The van der Waals surface area contributed by atoms with Crippen LogP contribution in [-0.2, 0) is 4.79 Å². The minimum Gasteiger partial charge on any atom is -0.359 e. The Kier molecular flexibility index (Phi) is 8.73. The SMILES string of the molecule is O=C(CCC(Nc1ncnc2cc(C(=O)N3CCCC3)c(Cl)cc12)c1nc2cc(Cl)ccc2[nH]1)NCC1CCNCC1. The van der Waals surface area contributed by atoms with Gasteiger partial charge in [-0.3, -0.25) is 9.59 Å². The molecule has 4 heterocycles. The molecule has 2 aromatic heterocycles. The third kappa shape index (κ3) is 6.45. The number of H-pyrrole nitrogens is 1. The van der Waals surface area contributed by atoms with Gasteiger partial charge in [-0.2, -0.15) is 0 Å². The molecule has 2 saturated heterocycles. The van der Waals surface area contributed by atoms with E-state index in [0.717, 1.165) is 62.9 Å². The van der Waals surface area contributed by atoms with E-state index < -0.39 is 0 Å². The molecule has 1 unspecified atom stereocenters. The normalized spacial score (nSPS) is 16.7. The molecular weight excluding hydrogens is 575 g/mol. The summed E-state index contributed by atoms with van der Waals surface area (Å²) in [6.45, 7) is 4.15. The van der Waals surface area contributed by atoms with E-state index >= 15 is 0 Å². The number of carbonyl (C=O) groups excluding carboxylic acids is 2. The number of hydrogen-bond acceptors (Lipinski definition) is 7. The number of nitrogens with zero attached hydrogens (tertiary/aromatic N) is 4. The van der Waals surface area contributed by atoms with Crippen LogP contribution in [0.25, 0.3) is 21.9 Å². The highest BCUT2D eigenvalue weighted by atomic mass is 35.5. The summed E-state index contributed by atoms with van der Waals surface area (Å²) in [5.74, 6) is 1.63. The van der Waals surface area contributed by atoms with Crippen LogP contribution in [0.1, 0.15) is 60.7 Å². The lowest BCUT2D eigenvalue weighted by Crippen LogP contribution is -2.36. The van der Waals surface area contributed by atoms with Gasteiger partial charge in [0.05, 0.1) is 33.2 Å². The second kappa shape index (κ2) is 12.8. The Balaban J connectivity index is 1.25. The van der Waals surface area contributed by atoms with Gasteiger partial charge < -0.3 is 25.8 Å². The number of anilines is 1. The monoisotopic (exact) mass is 608 g/mol. The van der Waals surface area contributed by atoms with Crippen molar-refractivity contribution in [2.45, 2.75) is 44.6 Å². The maximum Gasteiger partial charge on any atom is 0.255 e. The Bertz CT molecular complexity index is 1600. The topological polar surface area (TPSA) is 128 Å². The quantitative estimate of drug-likeness (QED) is 0.208. The van der Waals surface area contributed by atoms with Crippen LogP contribution in [0.15, 0.2) is 36.7 Å². The van der Waals surface area contributed by atoms with Gasteiger partial charge in [0.2, 0.25) is 5.91 Å². The second-order valence-corrected chi connectivity index (χ2v) is 11.9. The van der Waals surface area contributed by atoms with Gasteiger partial charge in [0.15, 0.2) is 0 Å². The van der Waals surface area contributed by atoms with Crippen molar-refractivity contribution >= 4 is 62.8 Å². The number of piperidine rings is 1. The molecular formula is C30H34Cl2N8O2. The van der Waals surface area contributed by atoms with E-state index in [1.807, 2.05) is 17.0 Å². The Morgan fingerprint density at radius 3 is 2.67 bits per heavy atom. The van der Waals surface area contributed by atoms with Gasteiger partial charge >= 0.3 is 0 Å². The highest BCUT2D eigenvalue weighted by Gasteiger charge is 2.24. The van der Waals surface area contributed by atoms with Crippen molar-refractivity contribution in [1.82, 2.24) is 35.5 Å². The summed E-state index contributed by atoms with van der Waals surface area (Å²) in [5.41, 5.74) is 2.62. The fraction of sp³-hybridized carbons (Fsp3) is 0.433. The van der Waals surface area contributed by atoms with Crippen LogP contribution in [-0.4, -0.2) is 69.4 Å². The molecule has 4 aromatic rings. The number of aromatic nitrogens is 4. The summed E-state index contributed by atoms with van der Waals surface area (Å²) in [6.07, 6.45) is 6.37. The second-order valence-electron chi connectivity index (χ2n) is 11.1. The lowest BCUT2D eigenvalue weighted by molar-refractivity contribution is -0.121. The molecule has 0 saturated carbocycles. The number of nitrogens with one attached hydrogen (secondary N) is 4. The van der Waals surface area contributed by atoms with Crippen LogP contribution in [0.5, 0.6) is 0 Å². The molecule has 2 aliphatic rings. The van der Waals surface area contributed by atoms with Crippen molar-refractivity contribution in [3.05, 3.63) is 58.1 Å². The van der Waals surface area contributed by atoms with Gasteiger partial charge in [-0.15, -0.1) is 0 Å². The summed E-state index contributed by atoms with van der Waals surface area (Å²) >= 11 is 12.9. The smallest absolute Gasteiger partial charge is 0.255 e. The van der Waals surface area contributed by atoms with Crippen molar-refractivity contribution in [3.8, 4) is 0 Å². The van der Waals surface area contributed by atoms with E-state index in [2.05, 4.69) is 30.9 Å². The van der Waals surface area contributed by atoms with Crippen molar-refractivity contribution in [2.24, 2.45) is 5.92 Å². The molecule has 10 nitrogen and oxygen atoms in total. The van der Waals surface area contributed by atoms with Crippen LogP contribution >= 0.6 is 23.2 Å². The number of benzene rings is 2. The molecule has 1 atom stereocenters. The number of imidazole rings is 1. The molecule has 2 aromatic carbocycles. The van der Waals surface area contributed by atoms with Crippen LogP contribution in [0.2, 0.25) is 10.0 Å². The van der Waals surface area contributed by atoms with Crippen molar-refractivity contribution in [1.29, 1.82) is 0 Å². The van der Waals surface area contributed by atoms with Crippen molar-refractivity contribution < 1.29 is 9.59 Å². The molecule has 0 aliphatic carbocycles. The van der Waals surface area contributed by atoms with Gasteiger partial charge in [-0.05, 0) is 81.4 Å². The average Bonchev–Trinajstić information content (AvgIpc) is 3.69. The van der Waals surface area contributed by atoms with Crippen LogP contribution in [0, 0.1) is 5.92 Å². The summed E-state index contributed by atoms with van der Waals surface area (Å²) in [5, 5.41) is 11.6. The fourth-order valence-corrected chi connectivity index (χ4v) is 6.17. The van der Waals surface area contributed by atoms with Gasteiger partial charge in [-0.25, -0.2) is 15.0 Å². The van der Waals surface area contributed by atoms with Gasteiger partial charge in [0.1, 0.15) is 18.0 Å². The molecule has 0 spiro atoms. The predicted octanol–water partition coefficient (Wildman–Crippen LogP) is 5.10. The summed E-state index contributed by atoms with van der Waals surface area (Å²) in [7, 11) is 0. The molecule has 42 heavy (non-hydrogen) atoms. The Hall–Kier alpha value is -3.47. The first-order valence-electron chi connectivity index (χ1n) is 14.6. The zero-order valence-corrected chi connectivity index (χ0v) is 24.8. The third-order valence-electron chi connectivity index (χ3n) is 8.16. The summed E-state index contributed by atoms with van der Waals surface area (Å²) < 4.78 is 0. The van der Waals surface area contributed by atoms with E-state index in [1.165, 1.54) is 6.33 Å². The number of amides is 2. The number of likely N-dealkylation sites (tertiary alicyclic amines) is 1. The van der Waals surface area contributed by atoms with Crippen LogP contribution in [0.3, 0.4) is 0 Å². The minimum absolute atomic E-state index is 0.000134. The first-order valence-corrected chi connectivity index (χ1v) is 15.3. The molecule has 0 radical (unpaired) electrons. The molecule has 220 valence electrons. The van der Waals surface area contributed by atoms with Crippen LogP contribution < -0.4 is 16.0 Å². The maximum atomic E-state index is 13.1. The number of fused-ring (bicyclic) bond motifs is 2. The highest BCUT2D eigenvalue weighted by Crippen LogP contribution is 2.32. The van der Waals surface area contributed by atoms with Crippen molar-refractivity contribution in [2.75, 3.05) is 38.0 Å². The minimum atomic E-state index is -0.372. The predicted molar refractivity (Wildman–Crippen MR) is 165 cm³/mol. The zero-order valence-electron chi connectivity index (χ0n) is 23.3. The fourth-order valence-electron chi connectivity index (χ4n) is 5.76. The Morgan fingerprint density at radius 2 is 1.86 bits per heavy atom. The number of aromatic amines is 1. The van der Waals surface area contributed by atoms with Gasteiger partial charge in [0.25, 0.3) is 5.91 Å². The summed E-state index contributed by atoms with van der Waals surface area (Å²) in [4.78, 5) is 44.9. The zero-order chi connectivity index (χ0) is 29.1. The lowest BCUT2D eigenvalue weighted by atomic mass is 9.98. The van der Waals surface area contributed by atoms with Crippen molar-refractivity contribution in [3.63, 3.8) is 0 Å². The van der Waals surface area contributed by atoms with E-state index in [1.54, 1.807) is 18.2 Å². The molecule has 2 aliphatic heterocycles. The number of halogens is 2. The van der Waals surface area contributed by atoms with Gasteiger partial charge in [0, 0.05) is 36.5 Å². The number of carbonyl (C=O) groups is 2. The molecule has 6 rings (SSSR count). The molecule has 12 heteroatoms. The lowest BCUT2D eigenvalue weighted by Gasteiger charge is -2.23. The first-order chi connectivity index (χ1) is 20.4. The average molecular weight is 610 g/mol.